The lowest BCUT2D eigenvalue weighted by Crippen LogP contribution is -2.47. The summed E-state index contributed by atoms with van der Waals surface area (Å²) in [7, 11) is 0. The van der Waals surface area contributed by atoms with Crippen molar-refractivity contribution in [1.29, 1.82) is 0 Å². The predicted molar refractivity (Wildman–Crippen MR) is 86.9 cm³/mol. The first-order valence-corrected chi connectivity index (χ1v) is 8.05. The van der Waals surface area contributed by atoms with Crippen molar-refractivity contribution in [2.75, 3.05) is 13.1 Å². The molecule has 0 spiro atoms. The molecule has 2 heterocycles. The Kier molecular flexibility index (Phi) is 4.63. The summed E-state index contributed by atoms with van der Waals surface area (Å²) in [6, 6.07) is 7.03. The van der Waals surface area contributed by atoms with Gasteiger partial charge in [-0.15, -0.1) is 0 Å². The molecule has 1 fully saturated rings. The number of halogens is 1. The second-order valence-corrected chi connectivity index (χ2v) is 6.31. The van der Waals surface area contributed by atoms with Crippen molar-refractivity contribution >= 4 is 17.5 Å². The van der Waals surface area contributed by atoms with Crippen LogP contribution in [0.25, 0.3) is 11.4 Å². The molecule has 0 radical (unpaired) electrons. The van der Waals surface area contributed by atoms with E-state index in [4.69, 9.17) is 21.9 Å². The van der Waals surface area contributed by atoms with E-state index in [1.54, 1.807) is 12.1 Å². The number of hydrogen-bond donors (Lipinski definition) is 1. The first-order valence-electron chi connectivity index (χ1n) is 7.67. The summed E-state index contributed by atoms with van der Waals surface area (Å²) >= 11 is 5.89. The average molecular weight is 335 g/mol. The number of hydrogen-bond acceptors (Lipinski definition) is 5. The molecule has 2 unspecified atom stereocenters. The number of carbonyl (C=O) groups is 1. The van der Waals surface area contributed by atoms with Crippen LogP contribution in [0.1, 0.15) is 31.6 Å². The maximum Gasteiger partial charge on any atom is 0.234 e. The van der Waals surface area contributed by atoms with Gasteiger partial charge in [-0.3, -0.25) is 9.69 Å². The van der Waals surface area contributed by atoms with Crippen molar-refractivity contribution in [3.63, 3.8) is 0 Å². The molecular formula is C16H19ClN4O2. The van der Waals surface area contributed by atoms with Gasteiger partial charge in [-0.05, 0) is 50.6 Å². The number of likely N-dealkylation sites (tertiary alicyclic amines) is 1. The van der Waals surface area contributed by atoms with Crippen LogP contribution in [-0.4, -0.2) is 40.1 Å². The highest BCUT2D eigenvalue weighted by Gasteiger charge is 2.30. The Labute approximate surface area is 139 Å². The Bertz CT molecular complexity index is 686. The number of nitrogens with two attached hydrogens (primary N) is 1. The third kappa shape index (κ3) is 3.54. The SMILES string of the molecule is CC(C(N)=O)N1CCCC(c2nc(-c3ccc(Cl)cc3)no2)C1. The van der Waals surface area contributed by atoms with Crippen molar-refractivity contribution in [1.82, 2.24) is 15.0 Å². The summed E-state index contributed by atoms with van der Waals surface area (Å²) in [5.41, 5.74) is 6.26. The van der Waals surface area contributed by atoms with Gasteiger partial charge >= 0.3 is 0 Å². The molecule has 0 bridgehead atoms. The Balaban J connectivity index is 1.74. The van der Waals surface area contributed by atoms with E-state index in [9.17, 15) is 4.79 Å². The van der Waals surface area contributed by atoms with E-state index in [0.717, 1.165) is 24.9 Å². The van der Waals surface area contributed by atoms with E-state index >= 15 is 0 Å². The predicted octanol–water partition coefficient (Wildman–Crippen LogP) is 2.44. The highest BCUT2D eigenvalue weighted by atomic mass is 35.5. The molecule has 2 N–H and O–H groups in total. The molecule has 1 saturated heterocycles. The fourth-order valence-corrected chi connectivity index (χ4v) is 2.98. The van der Waals surface area contributed by atoms with Crippen LogP contribution in [0, 0.1) is 0 Å². The molecule has 1 aliphatic heterocycles. The number of aromatic nitrogens is 2. The van der Waals surface area contributed by atoms with Crippen molar-refractivity contribution in [3.8, 4) is 11.4 Å². The number of benzene rings is 1. The lowest BCUT2D eigenvalue weighted by atomic mass is 9.96. The zero-order valence-electron chi connectivity index (χ0n) is 12.9. The molecule has 2 aromatic rings. The molecular weight excluding hydrogens is 316 g/mol. The summed E-state index contributed by atoms with van der Waals surface area (Å²) in [5, 5.41) is 4.72. The standard InChI is InChI=1S/C16H19ClN4O2/c1-10(14(18)22)21-8-2-3-12(9-21)16-19-15(20-23-16)11-4-6-13(17)7-5-11/h4-7,10,12H,2-3,8-9H2,1H3,(H2,18,22). The minimum absolute atomic E-state index is 0.124. The van der Waals surface area contributed by atoms with Crippen LogP contribution in [-0.2, 0) is 4.79 Å². The topological polar surface area (TPSA) is 85.3 Å². The van der Waals surface area contributed by atoms with Crippen LogP contribution >= 0.6 is 11.6 Å². The summed E-state index contributed by atoms with van der Waals surface area (Å²) in [4.78, 5) is 18.0. The molecule has 1 aromatic carbocycles. The molecule has 1 aliphatic rings. The highest BCUT2D eigenvalue weighted by Crippen LogP contribution is 2.28. The second kappa shape index (κ2) is 6.68. The van der Waals surface area contributed by atoms with Crippen molar-refractivity contribution in [3.05, 3.63) is 35.2 Å². The largest absolute Gasteiger partial charge is 0.368 e. The Morgan fingerprint density at radius 1 is 1.43 bits per heavy atom. The quantitative estimate of drug-likeness (QED) is 0.928. The van der Waals surface area contributed by atoms with E-state index in [2.05, 4.69) is 15.0 Å². The number of primary amides is 1. The molecule has 122 valence electrons. The van der Waals surface area contributed by atoms with Crippen LogP contribution in [0.5, 0.6) is 0 Å². The van der Waals surface area contributed by atoms with Crippen LogP contribution < -0.4 is 5.73 Å². The van der Waals surface area contributed by atoms with Gasteiger partial charge in [-0.1, -0.05) is 16.8 Å². The van der Waals surface area contributed by atoms with Gasteiger partial charge < -0.3 is 10.3 Å². The fraction of sp³-hybridized carbons (Fsp3) is 0.438. The van der Waals surface area contributed by atoms with Crippen LogP contribution in [0.3, 0.4) is 0 Å². The van der Waals surface area contributed by atoms with Gasteiger partial charge in [-0.25, -0.2) is 0 Å². The first kappa shape index (κ1) is 16.0. The molecule has 7 heteroatoms. The van der Waals surface area contributed by atoms with E-state index in [1.807, 2.05) is 19.1 Å². The van der Waals surface area contributed by atoms with E-state index < -0.39 is 0 Å². The van der Waals surface area contributed by atoms with Crippen LogP contribution in [0.2, 0.25) is 5.02 Å². The van der Waals surface area contributed by atoms with Crippen molar-refractivity contribution < 1.29 is 9.32 Å². The van der Waals surface area contributed by atoms with Crippen LogP contribution in [0.4, 0.5) is 0 Å². The third-order valence-electron chi connectivity index (χ3n) is 4.31. The molecule has 6 nitrogen and oxygen atoms in total. The zero-order valence-corrected chi connectivity index (χ0v) is 13.7. The number of carbonyl (C=O) groups excluding carboxylic acids is 1. The molecule has 1 amide bonds. The fourth-order valence-electron chi connectivity index (χ4n) is 2.86. The van der Waals surface area contributed by atoms with Crippen molar-refractivity contribution in [2.45, 2.75) is 31.7 Å². The summed E-state index contributed by atoms with van der Waals surface area (Å²) < 4.78 is 5.44. The first-order chi connectivity index (χ1) is 11.0. The zero-order chi connectivity index (χ0) is 16.4. The van der Waals surface area contributed by atoms with Crippen LogP contribution in [0.15, 0.2) is 28.8 Å². The molecule has 1 aromatic heterocycles. The average Bonchev–Trinajstić information content (AvgIpc) is 3.05. The molecule has 2 atom stereocenters. The molecule has 0 saturated carbocycles. The summed E-state index contributed by atoms with van der Waals surface area (Å²) in [6.07, 6.45) is 1.94. The van der Waals surface area contributed by atoms with Gasteiger partial charge in [0.1, 0.15) is 0 Å². The summed E-state index contributed by atoms with van der Waals surface area (Å²) in [6.45, 7) is 3.39. The highest BCUT2D eigenvalue weighted by molar-refractivity contribution is 6.30. The Morgan fingerprint density at radius 2 is 2.17 bits per heavy atom. The van der Waals surface area contributed by atoms with Gasteiger partial charge in [0.15, 0.2) is 0 Å². The number of piperidine rings is 1. The Morgan fingerprint density at radius 3 is 2.87 bits per heavy atom. The monoisotopic (exact) mass is 334 g/mol. The van der Waals surface area contributed by atoms with Crippen molar-refractivity contribution in [2.24, 2.45) is 5.73 Å². The lowest BCUT2D eigenvalue weighted by molar-refractivity contribution is -0.123. The van der Waals surface area contributed by atoms with Gasteiger partial charge in [0.2, 0.25) is 17.6 Å². The van der Waals surface area contributed by atoms with Gasteiger partial charge in [0.25, 0.3) is 0 Å². The molecule has 3 rings (SSSR count). The number of amides is 1. The number of rotatable bonds is 4. The minimum atomic E-state index is -0.307. The maximum absolute atomic E-state index is 11.4. The smallest absolute Gasteiger partial charge is 0.234 e. The number of nitrogens with zero attached hydrogens (tertiary/aromatic N) is 3. The van der Waals surface area contributed by atoms with E-state index in [-0.39, 0.29) is 17.9 Å². The van der Waals surface area contributed by atoms with E-state index in [0.29, 0.717) is 23.3 Å². The lowest BCUT2D eigenvalue weighted by Gasteiger charge is -2.33. The Hall–Kier alpha value is -1.92. The van der Waals surface area contributed by atoms with Gasteiger partial charge in [0, 0.05) is 17.1 Å². The van der Waals surface area contributed by atoms with Gasteiger partial charge in [0.05, 0.1) is 12.0 Å². The molecule has 0 aliphatic carbocycles. The summed E-state index contributed by atoms with van der Waals surface area (Å²) in [5.74, 6) is 0.977. The third-order valence-corrected chi connectivity index (χ3v) is 4.56. The van der Waals surface area contributed by atoms with Gasteiger partial charge in [-0.2, -0.15) is 4.98 Å². The second-order valence-electron chi connectivity index (χ2n) is 5.88. The molecule has 23 heavy (non-hydrogen) atoms. The normalized spacial score (nSPS) is 20.3. The van der Waals surface area contributed by atoms with E-state index in [1.165, 1.54) is 0 Å². The minimum Gasteiger partial charge on any atom is -0.368 e. The maximum atomic E-state index is 11.4.